The third kappa shape index (κ3) is 3.09. The van der Waals surface area contributed by atoms with Gasteiger partial charge in [0.25, 0.3) is 0 Å². The van der Waals surface area contributed by atoms with E-state index in [1.54, 1.807) is 7.11 Å². The maximum atomic E-state index is 11.8. The zero-order valence-electron chi connectivity index (χ0n) is 12.8. The van der Waals surface area contributed by atoms with Gasteiger partial charge >= 0.3 is 5.97 Å². The molecule has 1 heterocycles. The van der Waals surface area contributed by atoms with Gasteiger partial charge < -0.3 is 15.2 Å². The zero-order valence-corrected chi connectivity index (χ0v) is 12.8. The Labute approximate surface area is 124 Å². The van der Waals surface area contributed by atoms with E-state index >= 15 is 0 Å². The molecule has 2 N–H and O–H groups in total. The number of nitrogens with one attached hydrogen (secondary N) is 1. The predicted molar refractivity (Wildman–Crippen MR) is 79.6 cm³/mol. The highest BCUT2D eigenvalue weighted by Crippen LogP contribution is 2.37. The van der Waals surface area contributed by atoms with Crippen molar-refractivity contribution in [2.75, 3.05) is 12.4 Å². The Morgan fingerprint density at radius 1 is 1.48 bits per heavy atom. The Kier molecular flexibility index (Phi) is 4.65. The number of nitrogens with zero attached hydrogens (tertiary/aromatic N) is 2. The average molecular weight is 293 g/mol. The van der Waals surface area contributed by atoms with Crippen LogP contribution in [0.5, 0.6) is 5.88 Å². The molecule has 0 spiro atoms. The van der Waals surface area contributed by atoms with Crippen molar-refractivity contribution in [1.82, 2.24) is 9.97 Å². The van der Waals surface area contributed by atoms with Gasteiger partial charge in [0.15, 0.2) is 0 Å². The molecule has 0 saturated heterocycles. The molecule has 0 atom stereocenters. The third-order valence-corrected chi connectivity index (χ3v) is 4.53. The Hall–Kier alpha value is -1.85. The quantitative estimate of drug-likeness (QED) is 0.868. The summed E-state index contributed by atoms with van der Waals surface area (Å²) in [5, 5.41) is 12.8. The lowest BCUT2D eigenvalue weighted by atomic mass is 9.75. The van der Waals surface area contributed by atoms with E-state index in [0.717, 1.165) is 24.8 Å². The van der Waals surface area contributed by atoms with Crippen LogP contribution in [0.15, 0.2) is 6.33 Å². The fraction of sp³-hybridized carbons (Fsp3) is 0.667. The molecule has 0 radical (unpaired) electrons. The van der Waals surface area contributed by atoms with Gasteiger partial charge in [0.05, 0.1) is 12.7 Å². The summed E-state index contributed by atoms with van der Waals surface area (Å²) in [4.78, 5) is 20.0. The van der Waals surface area contributed by atoms with Crippen LogP contribution in [-0.2, 0) is 4.79 Å². The molecule has 0 amide bonds. The van der Waals surface area contributed by atoms with Gasteiger partial charge in [0.2, 0.25) is 5.88 Å². The topological polar surface area (TPSA) is 84.3 Å². The number of carboxylic acid groups (broad SMARTS) is 1. The molecular formula is C15H23N3O3. The molecule has 0 bridgehead atoms. The lowest BCUT2D eigenvalue weighted by Gasteiger charge is -2.37. The minimum Gasteiger partial charge on any atom is -0.481 e. The fourth-order valence-electron chi connectivity index (χ4n) is 2.96. The molecular weight excluding hydrogens is 270 g/mol. The van der Waals surface area contributed by atoms with Crippen LogP contribution in [0.3, 0.4) is 0 Å². The second-order valence-corrected chi connectivity index (χ2v) is 5.72. The Bertz CT molecular complexity index is 511. The molecule has 1 fully saturated rings. The van der Waals surface area contributed by atoms with E-state index in [2.05, 4.69) is 22.2 Å². The summed E-state index contributed by atoms with van der Waals surface area (Å²) in [6, 6.07) is 0. The average Bonchev–Trinajstić information content (AvgIpc) is 2.50. The second-order valence-electron chi connectivity index (χ2n) is 5.72. The minimum atomic E-state index is -0.935. The monoisotopic (exact) mass is 293 g/mol. The summed E-state index contributed by atoms with van der Waals surface area (Å²) in [6.07, 6.45) is 5.59. The van der Waals surface area contributed by atoms with Crippen molar-refractivity contribution < 1.29 is 14.6 Å². The van der Waals surface area contributed by atoms with Crippen LogP contribution in [0.2, 0.25) is 0 Å². The van der Waals surface area contributed by atoms with Crippen LogP contribution in [0.1, 0.15) is 44.6 Å². The van der Waals surface area contributed by atoms with Gasteiger partial charge in [0, 0.05) is 0 Å². The molecule has 21 heavy (non-hydrogen) atoms. The van der Waals surface area contributed by atoms with Gasteiger partial charge in [-0.1, -0.05) is 13.3 Å². The minimum absolute atomic E-state index is 0.468. The van der Waals surface area contributed by atoms with Crippen molar-refractivity contribution in [2.24, 2.45) is 5.92 Å². The van der Waals surface area contributed by atoms with Crippen molar-refractivity contribution in [1.29, 1.82) is 0 Å². The van der Waals surface area contributed by atoms with Crippen LogP contribution in [-0.4, -0.2) is 33.7 Å². The molecule has 1 saturated carbocycles. The van der Waals surface area contributed by atoms with Gasteiger partial charge in [-0.3, -0.25) is 0 Å². The first-order valence-electron chi connectivity index (χ1n) is 7.39. The van der Waals surface area contributed by atoms with Gasteiger partial charge in [-0.15, -0.1) is 0 Å². The highest BCUT2D eigenvalue weighted by Gasteiger charge is 2.42. The van der Waals surface area contributed by atoms with E-state index < -0.39 is 11.5 Å². The van der Waals surface area contributed by atoms with Crippen LogP contribution in [0.4, 0.5) is 5.82 Å². The Morgan fingerprint density at radius 3 is 2.67 bits per heavy atom. The molecule has 1 aliphatic carbocycles. The summed E-state index contributed by atoms with van der Waals surface area (Å²) in [6.45, 7) is 3.99. The first-order chi connectivity index (χ1) is 10.0. The maximum Gasteiger partial charge on any atom is 0.329 e. The highest BCUT2D eigenvalue weighted by molar-refractivity contribution is 5.83. The van der Waals surface area contributed by atoms with Crippen LogP contribution in [0.25, 0.3) is 0 Å². The molecule has 6 nitrogen and oxygen atoms in total. The predicted octanol–water partition coefficient (Wildman–Crippen LogP) is 2.63. The van der Waals surface area contributed by atoms with Crippen LogP contribution in [0, 0.1) is 12.8 Å². The maximum absolute atomic E-state index is 11.8. The molecule has 1 aliphatic rings. The smallest absolute Gasteiger partial charge is 0.329 e. The number of ether oxygens (including phenoxy) is 1. The van der Waals surface area contributed by atoms with E-state index in [9.17, 15) is 9.90 Å². The number of hydrogen-bond donors (Lipinski definition) is 2. The van der Waals surface area contributed by atoms with Crippen molar-refractivity contribution in [3.63, 3.8) is 0 Å². The number of aliphatic carboxylic acids is 1. The summed E-state index contributed by atoms with van der Waals surface area (Å²) in [5.74, 6) is 0.823. The number of aromatic nitrogens is 2. The van der Waals surface area contributed by atoms with Crippen LogP contribution < -0.4 is 10.1 Å². The van der Waals surface area contributed by atoms with E-state index in [4.69, 9.17) is 4.74 Å². The fourth-order valence-corrected chi connectivity index (χ4v) is 2.96. The Morgan fingerprint density at radius 2 is 2.14 bits per heavy atom. The first kappa shape index (κ1) is 15.5. The molecule has 2 rings (SSSR count). The number of rotatable bonds is 5. The largest absolute Gasteiger partial charge is 0.481 e. The second kappa shape index (κ2) is 6.28. The SMILES string of the molecule is CCC1CCC(Nc2ncnc(OC)c2C)(C(=O)O)CC1. The van der Waals surface area contributed by atoms with E-state index in [1.165, 1.54) is 6.33 Å². The van der Waals surface area contributed by atoms with E-state index in [-0.39, 0.29) is 0 Å². The van der Waals surface area contributed by atoms with Crippen molar-refractivity contribution >= 4 is 11.8 Å². The summed E-state index contributed by atoms with van der Waals surface area (Å²) in [5.41, 5.74) is -0.200. The molecule has 116 valence electrons. The van der Waals surface area contributed by atoms with Crippen molar-refractivity contribution in [2.45, 2.75) is 51.5 Å². The van der Waals surface area contributed by atoms with E-state index in [0.29, 0.717) is 30.5 Å². The number of hydrogen-bond acceptors (Lipinski definition) is 5. The first-order valence-corrected chi connectivity index (χ1v) is 7.39. The standard InChI is InChI=1S/C15H23N3O3/c1-4-11-5-7-15(8-6-11,14(19)20)18-12-10(2)13(21-3)17-9-16-12/h9,11H,4-8H2,1-3H3,(H,19,20)(H,16,17,18). The molecule has 0 unspecified atom stereocenters. The lowest BCUT2D eigenvalue weighted by molar-refractivity contribution is -0.143. The normalized spacial score (nSPS) is 25.4. The molecule has 1 aromatic heterocycles. The van der Waals surface area contributed by atoms with Crippen LogP contribution >= 0.6 is 0 Å². The van der Waals surface area contributed by atoms with Crippen molar-refractivity contribution in [3.8, 4) is 5.88 Å². The van der Waals surface area contributed by atoms with Gasteiger partial charge in [-0.05, 0) is 38.5 Å². The molecule has 0 aliphatic heterocycles. The summed E-state index contributed by atoms with van der Waals surface area (Å²) in [7, 11) is 1.54. The van der Waals surface area contributed by atoms with Crippen molar-refractivity contribution in [3.05, 3.63) is 11.9 Å². The zero-order chi connectivity index (χ0) is 15.5. The number of carboxylic acids is 1. The highest BCUT2D eigenvalue weighted by atomic mass is 16.5. The lowest BCUT2D eigenvalue weighted by Crippen LogP contribution is -2.49. The summed E-state index contributed by atoms with van der Waals surface area (Å²) >= 11 is 0. The summed E-state index contributed by atoms with van der Waals surface area (Å²) < 4.78 is 5.16. The Balaban J connectivity index is 2.24. The van der Waals surface area contributed by atoms with E-state index in [1.807, 2.05) is 6.92 Å². The number of carbonyl (C=O) groups is 1. The number of anilines is 1. The molecule has 6 heteroatoms. The van der Waals surface area contributed by atoms with Gasteiger partial charge in [-0.25, -0.2) is 14.8 Å². The van der Waals surface area contributed by atoms with Gasteiger partial charge in [-0.2, -0.15) is 0 Å². The third-order valence-electron chi connectivity index (χ3n) is 4.53. The number of methoxy groups -OCH3 is 1. The molecule has 0 aromatic carbocycles. The van der Waals surface area contributed by atoms with Gasteiger partial charge in [0.1, 0.15) is 17.7 Å². The molecule has 1 aromatic rings.